The number of nitrogens with one attached hydrogen (secondary N) is 2. The Kier molecular flexibility index (Phi) is 2.10. The van der Waals surface area contributed by atoms with Crippen LogP contribution < -0.4 is 5.49 Å². The number of imidazole rings is 1. The van der Waals surface area contributed by atoms with Crippen LogP contribution in [0.3, 0.4) is 0 Å². The zero-order valence-corrected chi connectivity index (χ0v) is 8.78. The lowest BCUT2D eigenvalue weighted by atomic mass is 10.2. The Morgan fingerprint density at radius 1 is 1.29 bits per heavy atom. The third kappa shape index (κ3) is 1.40. The van der Waals surface area contributed by atoms with E-state index in [0.29, 0.717) is 11.2 Å². The minimum atomic E-state index is -0.918. The van der Waals surface area contributed by atoms with E-state index >= 15 is 0 Å². The molecule has 0 bridgehead atoms. The average molecular weight is 233 g/mol. The maximum Gasteiger partial charge on any atom is 0.173 e. The van der Waals surface area contributed by atoms with Gasteiger partial charge in [-0.05, 0) is 0 Å². The number of hydrogen-bond acceptors (Lipinski definition) is 5. The van der Waals surface area contributed by atoms with Crippen LogP contribution in [0.5, 0.6) is 0 Å². The van der Waals surface area contributed by atoms with Gasteiger partial charge in [-0.2, -0.15) is 0 Å². The number of hydrogen-bond donors (Lipinski definition) is 4. The van der Waals surface area contributed by atoms with Crippen molar-refractivity contribution in [3.63, 3.8) is 0 Å². The van der Waals surface area contributed by atoms with Crippen molar-refractivity contribution in [1.29, 1.82) is 5.41 Å². The molecule has 2 aromatic rings. The lowest BCUT2D eigenvalue weighted by Gasteiger charge is -2.19. The van der Waals surface area contributed by atoms with E-state index in [1.165, 1.54) is 18.7 Å². The van der Waals surface area contributed by atoms with Crippen LogP contribution in [-0.4, -0.2) is 41.9 Å². The quantitative estimate of drug-likeness (QED) is 0.477. The molecule has 88 valence electrons. The largest absolute Gasteiger partial charge is 0.388 e. The van der Waals surface area contributed by atoms with Crippen molar-refractivity contribution in [2.75, 3.05) is 0 Å². The second kappa shape index (κ2) is 3.51. The number of aliphatic hydroxyl groups is 2. The van der Waals surface area contributed by atoms with Crippen molar-refractivity contribution in [3.8, 4) is 0 Å². The first-order valence-corrected chi connectivity index (χ1v) is 5.18. The maximum absolute atomic E-state index is 9.83. The second-order valence-electron chi connectivity index (χ2n) is 3.96. The first-order valence-electron chi connectivity index (χ1n) is 5.18. The summed E-state index contributed by atoms with van der Waals surface area (Å²) in [6, 6.07) is -0.413. The minimum Gasteiger partial charge on any atom is -0.388 e. The molecule has 0 fully saturated rings. The van der Waals surface area contributed by atoms with E-state index in [1.807, 2.05) is 0 Å². The van der Waals surface area contributed by atoms with Crippen LogP contribution >= 0.6 is 0 Å². The van der Waals surface area contributed by atoms with Gasteiger partial charge in [-0.15, -0.1) is 0 Å². The van der Waals surface area contributed by atoms with Crippen molar-refractivity contribution >= 4 is 11.2 Å². The summed E-state index contributed by atoms with van der Waals surface area (Å²) in [6.45, 7) is 0. The highest BCUT2D eigenvalue weighted by atomic mass is 16.3. The third-order valence-corrected chi connectivity index (χ3v) is 2.94. The van der Waals surface area contributed by atoms with Gasteiger partial charge in [-0.25, -0.2) is 9.97 Å². The highest BCUT2D eigenvalue weighted by Crippen LogP contribution is 2.25. The summed E-state index contributed by atoms with van der Waals surface area (Å²) in [5, 5.41) is 26.9. The second-order valence-corrected chi connectivity index (χ2v) is 3.96. The number of aliphatic hydroxyl groups excluding tert-OH is 2. The summed E-state index contributed by atoms with van der Waals surface area (Å²) in [5.74, 6) is 0. The van der Waals surface area contributed by atoms with Gasteiger partial charge in [0.25, 0.3) is 0 Å². The Labute approximate surface area is 95.6 Å². The lowest BCUT2D eigenvalue weighted by Crippen LogP contribution is -2.29. The van der Waals surface area contributed by atoms with Crippen LogP contribution in [0.4, 0.5) is 0 Å². The summed E-state index contributed by atoms with van der Waals surface area (Å²) < 4.78 is 1.64. The smallest absolute Gasteiger partial charge is 0.173 e. The maximum atomic E-state index is 9.83. The minimum absolute atomic E-state index is 0.103. The highest BCUT2D eigenvalue weighted by Gasteiger charge is 2.30. The molecule has 3 atom stereocenters. The molecule has 3 rings (SSSR count). The van der Waals surface area contributed by atoms with Crippen molar-refractivity contribution in [2.45, 2.75) is 18.2 Å². The van der Waals surface area contributed by atoms with Crippen molar-refractivity contribution in [3.05, 3.63) is 30.3 Å². The molecular weight excluding hydrogens is 222 g/mol. The van der Waals surface area contributed by atoms with Crippen LogP contribution in [0.15, 0.2) is 24.8 Å². The Balaban J connectivity index is 2.19. The number of fused-ring (bicyclic) bond motifs is 1. The van der Waals surface area contributed by atoms with Crippen molar-refractivity contribution < 1.29 is 10.2 Å². The zero-order chi connectivity index (χ0) is 12.0. The molecule has 0 saturated heterocycles. The molecule has 0 unspecified atom stereocenters. The van der Waals surface area contributed by atoms with E-state index in [-0.39, 0.29) is 5.49 Å². The number of H-pyrrole nitrogens is 1. The average Bonchev–Trinajstić information content (AvgIpc) is 2.91. The molecule has 4 N–H and O–H groups in total. The van der Waals surface area contributed by atoms with E-state index in [9.17, 15) is 10.2 Å². The summed E-state index contributed by atoms with van der Waals surface area (Å²) in [7, 11) is 0. The normalized spacial score (nSPS) is 28.0. The monoisotopic (exact) mass is 233 g/mol. The Bertz CT molecular complexity index is 643. The Morgan fingerprint density at radius 3 is 2.82 bits per heavy atom. The number of rotatable bonds is 1. The van der Waals surface area contributed by atoms with E-state index in [1.54, 1.807) is 10.6 Å². The number of aromatic nitrogens is 4. The molecule has 0 spiro atoms. The SMILES string of the molecule is N=c1ncn([C@H]2C=C[C@H](O)[C@@H]2O)c2nc[nH]c12. The van der Waals surface area contributed by atoms with Crippen molar-refractivity contribution in [2.24, 2.45) is 0 Å². The first kappa shape index (κ1) is 10.2. The molecule has 7 nitrogen and oxygen atoms in total. The summed E-state index contributed by atoms with van der Waals surface area (Å²) in [4.78, 5) is 10.8. The van der Waals surface area contributed by atoms with Crippen LogP contribution in [0, 0.1) is 5.41 Å². The van der Waals surface area contributed by atoms with Gasteiger partial charge in [-0.3, -0.25) is 5.41 Å². The molecule has 0 saturated carbocycles. The van der Waals surface area contributed by atoms with E-state index in [4.69, 9.17) is 5.41 Å². The summed E-state index contributed by atoms with van der Waals surface area (Å²) in [5.41, 5.74) is 1.15. The zero-order valence-electron chi connectivity index (χ0n) is 8.78. The van der Waals surface area contributed by atoms with Gasteiger partial charge in [-0.1, -0.05) is 12.2 Å². The predicted octanol–water partition coefficient (Wildman–Crippen LogP) is -0.928. The molecule has 2 heterocycles. The number of aromatic amines is 1. The van der Waals surface area contributed by atoms with Crippen LogP contribution in [0.1, 0.15) is 6.04 Å². The van der Waals surface area contributed by atoms with Gasteiger partial charge in [0.1, 0.15) is 17.7 Å². The molecular formula is C10H11N5O2. The highest BCUT2D eigenvalue weighted by molar-refractivity contribution is 5.68. The molecule has 1 aliphatic rings. The third-order valence-electron chi connectivity index (χ3n) is 2.94. The molecule has 0 aliphatic heterocycles. The lowest BCUT2D eigenvalue weighted by molar-refractivity contribution is 0.0373. The van der Waals surface area contributed by atoms with Gasteiger partial charge in [0.15, 0.2) is 11.1 Å². The van der Waals surface area contributed by atoms with E-state index in [0.717, 1.165) is 0 Å². The fourth-order valence-corrected chi connectivity index (χ4v) is 2.03. The number of nitrogens with zero attached hydrogens (tertiary/aromatic N) is 3. The van der Waals surface area contributed by atoms with E-state index < -0.39 is 18.2 Å². The predicted molar refractivity (Wildman–Crippen MR) is 57.9 cm³/mol. The van der Waals surface area contributed by atoms with Crippen molar-refractivity contribution in [1.82, 2.24) is 19.5 Å². The van der Waals surface area contributed by atoms with Crippen LogP contribution in [0.25, 0.3) is 11.2 Å². The molecule has 17 heavy (non-hydrogen) atoms. The fraction of sp³-hybridized carbons (Fsp3) is 0.300. The van der Waals surface area contributed by atoms with Gasteiger partial charge in [0.05, 0.1) is 18.7 Å². The van der Waals surface area contributed by atoms with Crippen LogP contribution in [-0.2, 0) is 0 Å². The Hall–Kier alpha value is -1.99. The topological polar surface area (TPSA) is 111 Å². The van der Waals surface area contributed by atoms with Gasteiger partial charge in [0, 0.05) is 0 Å². The fourth-order valence-electron chi connectivity index (χ4n) is 2.03. The first-order chi connectivity index (χ1) is 8.18. The van der Waals surface area contributed by atoms with Gasteiger partial charge >= 0.3 is 0 Å². The molecule has 2 aromatic heterocycles. The molecule has 7 heteroatoms. The summed E-state index contributed by atoms with van der Waals surface area (Å²) >= 11 is 0. The van der Waals surface area contributed by atoms with Gasteiger partial charge < -0.3 is 19.8 Å². The summed E-state index contributed by atoms with van der Waals surface area (Å²) in [6.07, 6.45) is 4.37. The molecule has 0 aromatic carbocycles. The molecule has 0 radical (unpaired) electrons. The van der Waals surface area contributed by atoms with E-state index in [2.05, 4.69) is 15.0 Å². The Morgan fingerprint density at radius 2 is 2.12 bits per heavy atom. The van der Waals surface area contributed by atoms with Gasteiger partial charge in [0.2, 0.25) is 0 Å². The molecule has 1 aliphatic carbocycles. The molecule has 0 amide bonds. The standard InChI is InChI=1S/C10H11N5O2/c11-9-7-10(13-3-12-7)15(4-14-9)5-1-2-6(16)8(5)17/h1-6,8,11,16-17H,(H,12,13)/t5-,6-,8+/m0/s1. The van der Waals surface area contributed by atoms with Crippen LogP contribution in [0.2, 0.25) is 0 Å².